The van der Waals surface area contributed by atoms with Gasteiger partial charge in [0.15, 0.2) is 5.82 Å². The Kier molecular flexibility index (Phi) is 6.61. The summed E-state index contributed by atoms with van der Waals surface area (Å²) in [5, 5.41) is 3.47. The Hall–Kier alpha value is -4.47. The van der Waals surface area contributed by atoms with Crippen molar-refractivity contribution in [2.24, 2.45) is 4.99 Å². The molecule has 1 amide bonds. The van der Waals surface area contributed by atoms with Crippen LogP contribution in [0.1, 0.15) is 20.8 Å². The number of hydrogen-bond donors (Lipinski definition) is 1. The van der Waals surface area contributed by atoms with Gasteiger partial charge in [0, 0.05) is 62.3 Å². The number of pyridine rings is 1. The summed E-state index contributed by atoms with van der Waals surface area (Å²) < 4.78 is 22.8. The molecule has 0 unspecified atom stereocenters. The van der Waals surface area contributed by atoms with Crippen LogP contribution < -0.4 is 15.8 Å². The van der Waals surface area contributed by atoms with Gasteiger partial charge in [-0.25, -0.2) is 19.2 Å². The van der Waals surface area contributed by atoms with E-state index in [4.69, 9.17) is 9.72 Å². The number of rotatable bonds is 3. The summed E-state index contributed by atoms with van der Waals surface area (Å²) in [6.07, 6.45) is 1.43. The number of benzene rings is 2. The molecule has 0 bridgehead atoms. The lowest BCUT2D eigenvalue weighted by molar-refractivity contribution is 0.0240. The molecule has 10 heteroatoms. The number of fused-ring (bicyclic) bond motifs is 3. The van der Waals surface area contributed by atoms with Crippen LogP contribution in [-0.4, -0.2) is 63.9 Å². The summed E-state index contributed by atoms with van der Waals surface area (Å²) in [7, 11) is 0. The number of nitrogens with one attached hydrogen (secondary N) is 1. The second kappa shape index (κ2) is 10.3. The summed E-state index contributed by atoms with van der Waals surface area (Å²) in [4.78, 5) is 29.7. The number of carbonyl (C=O) groups excluding carboxylic acids is 1. The standard InChI is InChI=1S/C30H32FN7O2/c1-30(2,3)40-29(39)37-15-13-36(14-16-37)22-9-10-25(24(31)18-22)34-28-33-19-21-17-23(20-7-5-4-6-8-20)27-32-11-12-38(27)26(21)35-28/h4-10,17-19,32H,11-16H2,1-3H3. The van der Waals surface area contributed by atoms with Crippen LogP contribution in [-0.2, 0) is 11.3 Å². The van der Waals surface area contributed by atoms with E-state index in [-0.39, 0.29) is 17.4 Å². The van der Waals surface area contributed by atoms with Crippen LogP contribution in [0.25, 0.3) is 22.5 Å². The fourth-order valence-corrected chi connectivity index (χ4v) is 5.12. The average Bonchev–Trinajstić information content (AvgIpc) is 3.44. The molecule has 4 aliphatic rings. The Balaban J connectivity index is 1.23. The maximum Gasteiger partial charge on any atom is 0.410 e. The maximum absolute atomic E-state index is 15.2. The van der Waals surface area contributed by atoms with Crippen molar-refractivity contribution in [1.82, 2.24) is 19.4 Å². The van der Waals surface area contributed by atoms with Crippen molar-refractivity contribution in [3.63, 3.8) is 0 Å². The molecule has 0 saturated carbocycles. The third kappa shape index (κ3) is 5.21. The van der Waals surface area contributed by atoms with Gasteiger partial charge in [-0.3, -0.25) is 0 Å². The van der Waals surface area contributed by atoms with Crippen LogP contribution >= 0.6 is 0 Å². The third-order valence-electron chi connectivity index (χ3n) is 7.02. The molecular formula is C30H32FN7O2. The van der Waals surface area contributed by atoms with Crippen molar-refractivity contribution in [1.29, 1.82) is 0 Å². The Morgan fingerprint density at radius 2 is 1.77 bits per heavy atom. The Morgan fingerprint density at radius 3 is 2.50 bits per heavy atom. The summed E-state index contributed by atoms with van der Waals surface area (Å²) in [5.41, 5.74) is 3.69. The fraction of sp³-hybridized carbons (Fsp3) is 0.333. The molecule has 2 aromatic rings. The van der Waals surface area contributed by atoms with E-state index >= 15 is 4.39 Å². The highest BCUT2D eigenvalue weighted by atomic mass is 19.1. The van der Waals surface area contributed by atoms with Crippen molar-refractivity contribution in [3.05, 3.63) is 72.2 Å². The number of halogens is 1. The highest BCUT2D eigenvalue weighted by Crippen LogP contribution is 2.36. The van der Waals surface area contributed by atoms with Crippen LogP contribution in [0.15, 0.2) is 65.8 Å². The minimum Gasteiger partial charge on any atom is -0.444 e. The first-order chi connectivity index (χ1) is 19.2. The molecule has 1 fully saturated rings. The van der Waals surface area contributed by atoms with Gasteiger partial charge in [0.25, 0.3) is 5.62 Å². The number of anilines is 2. The molecule has 0 atom stereocenters. The minimum absolute atomic E-state index is 0.177. The first kappa shape index (κ1) is 25.8. The molecule has 9 nitrogen and oxygen atoms in total. The molecule has 0 aliphatic carbocycles. The van der Waals surface area contributed by atoms with Gasteiger partial charge in [-0.2, -0.15) is 4.98 Å². The maximum atomic E-state index is 15.2. The quantitative estimate of drug-likeness (QED) is 0.397. The van der Waals surface area contributed by atoms with E-state index in [0.29, 0.717) is 26.2 Å². The molecule has 40 heavy (non-hydrogen) atoms. The molecule has 2 aromatic carbocycles. The molecule has 1 N–H and O–H groups in total. The molecular weight excluding hydrogens is 509 g/mol. The molecule has 0 spiro atoms. The van der Waals surface area contributed by atoms with Gasteiger partial charge in [-0.15, -0.1) is 0 Å². The zero-order valence-electron chi connectivity index (χ0n) is 22.9. The van der Waals surface area contributed by atoms with Crippen LogP contribution in [0, 0.1) is 5.82 Å². The molecule has 4 heterocycles. The lowest BCUT2D eigenvalue weighted by atomic mass is 10.0. The van der Waals surface area contributed by atoms with Gasteiger partial charge in [0.05, 0.1) is 0 Å². The van der Waals surface area contributed by atoms with Crippen molar-refractivity contribution < 1.29 is 13.9 Å². The van der Waals surface area contributed by atoms with Gasteiger partial charge in [-0.1, -0.05) is 30.3 Å². The Morgan fingerprint density at radius 1 is 1.00 bits per heavy atom. The number of carbonyl (C=O) groups is 1. The molecule has 4 aliphatic heterocycles. The number of aromatic nitrogens is 3. The first-order valence-electron chi connectivity index (χ1n) is 13.5. The van der Waals surface area contributed by atoms with Crippen LogP contribution in [0.5, 0.6) is 0 Å². The molecule has 1 saturated heterocycles. The minimum atomic E-state index is -0.536. The lowest BCUT2D eigenvalue weighted by Crippen LogP contribution is -2.50. The SMILES string of the molecule is CC(C)(C)OC(=O)N1CCN(c2ccc(N=c3ncc4cc(-c5ccccc5)c5n(c-4n3)CCN5)c(F)c2)CC1. The van der Waals surface area contributed by atoms with E-state index in [1.165, 1.54) is 6.07 Å². The summed E-state index contributed by atoms with van der Waals surface area (Å²) in [6, 6.07) is 17.3. The smallest absolute Gasteiger partial charge is 0.410 e. The number of nitrogens with zero attached hydrogens (tertiary/aromatic N) is 6. The topological polar surface area (TPSA) is 87.9 Å². The zero-order valence-corrected chi connectivity index (χ0v) is 22.9. The monoisotopic (exact) mass is 541 g/mol. The summed E-state index contributed by atoms with van der Waals surface area (Å²) in [5.74, 6) is 1.31. The van der Waals surface area contributed by atoms with Crippen LogP contribution in [0.2, 0.25) is 0 Å². The fourth-order valence-electron chi connectivity index (χ4n) is 5.12. The van der Waals surface area contributed by atoms with Gasteiger partial charge in [-0.05, 0) is 50.6 Å². The molecule has 6 rings (SSSR count). The average molecular weight is 542 g/mol. The third-order valence-corrected chi connectivity index (χ3v) is 7.02. The first-order valence-corrected chi connectivity index (χ1v) is 13.5. The van der Waals surface area contributed by atoms with E-state index in [1.54, 1.807) is 17.2 Å². The Labute approximate surface area is 232 Å². The summed E-state index contributed by atoms with van der Waals surface area (Å²) in [6.45, 7) is 9.32. The predicted molar refractivity (Wildman–Crippen MR) is 152 cm³/mol. The predicted octanol–water partition coefficient (Wildman–Crippen LogP) is 4.90. The van der Waals surface area contributed by atoms with Gasteiger partial charge in [0.1, 0.15) is 22.9 Å². The van der Waals surface area contributed by atoms with Crippen molar-refractivity contribution in [2.45, 2.75) is 32.9 Å². The number of ether oxygens (including phenoxy) is 1. The number of piperazine rings is 1. The van der Waals surface area contributed by atoms with Crippen LogP contribution in [0.3, 0.4) is 0 Å². The number of amides is 1. The molecule has 0 aromatic heterocycles. The van der Waals surface area contributed by atoms with Crippen molar-refractivity contribution in [2.75, 3.05) is 42.9 Å². The highest BCUT2D eigenvalue weighted by Gasteiger charge is 2.26. The highest BCUT2D eigenvalue weighted by molar-refractivity contribution is 5.82. The van der Waals surface area contributed by atoms with E-state index in [0.717, 1.165) is 47.1 Å². The largest absolute Gasteiger partial charge is 0.444 e. The molecule has 0 radical (unpaired) electrons. The lowest BCUT2D eigenvalue weighted by Gasteiger charge is -2.36. The normalized spacial score (nSPS) is 15.8. The van der Waals surface area contributed by atoms with E-state index in [9.17, 15) is 4.79 Å². The second-order valence-corrected chi connectivity index (χ2v) is 11.0. The molecule has 206 valence electrons. The van der Waals surface area contributed by atoms with E-state index in [2.05, 4.69) is 43.0 Å². The van der Waals surface area contributed by atoms with E-state index < -0.39 is 11.4 Å². The van der Waals surface area contributed by atoms with Gasteiger partial charge < -0.3 is 24.4 Å². The van der Waals surface area contributed by atoms with Crippen molar-refractivity contribution in [3.8, 4) is 22.5 Å². The van der Waals surface area contributed by atoms with Gasteiger partial charge >= 0.3 is 6.09 Å². The van der Waals surface area contributed by atoms with Gasteiger partial charge in [0.2, 0.25) is 0 Å². The second-order valence-electron chi connectivity index (χ2n) is 11.0. The Bertz CT molecular complexity index is 1590. The van der Waals surface area contributed by atoms with Crippen LogP contribution in [0.4, 0.5) is 26.4 Å². The zero-order chi connectivity index (χ0) is 27.9. The number of hydrogen-bond acceptors (Lipinski definition) is 7. The van der Waals surface area contributed by atoms with Crippen molar-refractivity contribution >= 4 is 23.3 Å². The van der Waals surface area contributed by atoms with E-state index in [1.807, 2.05) is 45.0 Å². The summed E-state index contributed by atoms with van der Waals surface area (Å²) >= 11 is 0.